The van der Waals surface area contributed by atoms with Gasteiger partial charge in [0.25, 0.3) is 0 Å². The first kappa shape index (κ1) is 21.4. The summed E-state index contributed by atoms with van der Waals surface area (Å²) in [6.07, 6.45) is 2.26. The molecule has 0 bridgehead atoms. The fourth-order valence-electron chi connectivity index (χ4n) is 5.46. The third kappa shape index (κ3) is 2.98. The number of aromatic nitrogens is 1. The lowest BCUT2D eigenvalue weighted by atomic mass is 9.64. The smallest absolute Gasteiger partial charge is 0.346 e. The van der Waals surface area contributed by atoms with Crippen LogP contribution in [0.4, 0.5) is 0 Å². The number of thiazole rings is 1. The Labute approximate surface area is 192 Å². The molecule has 6 rings (SSSR count). The summed E-state index contributed by atoms with van der Waals surface area (Å²) in [6, 6.07) is 12.6. The lowest BCUT2D eigenvalue weighted by Gasteiger charge is -2.46. The third-order valence-corrected chi connectivity index (χ3v) is 8.26. The SMILES string of the molecule is C.CC1(C)CCC2NCC(C)(C)c3c2c1cc1cc(-c2nc4ccccc4s2)c(=O)oc31. The molecule has 4 aromatic rings. The van der Waals surface area contributed by atoms with E-state index >= 15 is 0 Å². The van der Waals surface area contributed by atoms with Crippen molar-refractivity contribution in [3.05, 3.63) is 63.5 Å². The first-order valence-corrected chi connectivity index (χ1v) is 11.8. The Balaban J connectivity index is 0.00000216. The van der Waals surface area contributed by atoms with Crippen LogP contribution in [0.1, 0.15) is 70.7 Å². The Kier molecular flexibility index (Phi) is 4.67. The van der Waals surface area contributed by atoms with Gasteiger partial charge in [0.05, 0.1) is 15.8 Å². The van der Waals surface area contributed by atoms with Crippen LogP contribution in [-0.4, -0.2) is 11.5 Å². The number of rotatable bonds is 1. The predicted molar refractivity (Wildman–Crippen MR) is 134 cm³/mol. The Morgan fingerprint density at radius 1 is 1.12 bits per heavy atom. The number of fused-ring (bicyclic) bond motifs is 3. The van der Waals surface area contributed by atoms with E-state index in [1.54, 1.807) is 11.3 Å². The van der Waals surface area contributed by atoms with Gasteiger partial charge in [-0.15, -0.1) is 11.3 Å². The van der Waals surface area contributed by atoms with Gasteiger partial charge in [-0.25, -0.2) is 9.78 Å². The monoisotopic (exact) mass is 446 g/mol. The molecule has 4 nitrogen and oxygen atoms in total. The maximum absolute atomic E-state index is 13.2. The van der Waals surface area contributed by atoms with Crippen LogP contribution in [0, 0.1) is 0 Å². The second kappa shape index (κ2) is 7.00. The Morgan fingerprint density at radius 3 is 2.69 bits per heavy atom. The van der Waals surface area contributed by atoms with Crippen molar-refractivity contribution in [2.45, 2.75) is 64.8 Å². The molecule has 3 heterocycles. The summed E-state index contributed by atoms with van der Waals surface area (Å²) < 4.78 is 7.18. The number of para-hydroxylation sites is 1. The van der Waals surface area contributed by atoms with Gasteiger partial charge in [-0.05, 0) is 53.6 Å². The molecule has 0 saturated heterocycles. The average molecular weight is 447 g/mol. The van der Waals surface area contributed by atoms with Crippen LogP contribution in [-0.2, 0) is 10.8 Å². The van der Waals surface area contributed by atoms with Crippen molar-refractivity contribution in [3.8, 4) is 10.6 Å². The molecule has 0 amide bonds. The summed E-state index contributed by atoms with van der Waals surface area (Å²) in [4.78, 5) is 17.9. The maximum atomic E-state index is 13.2. The summed E-state index contributed by atoms with van der Waals surface area (Å²) in [6.45, 7) is 10.0. The van der Waals surface area contributed by atoms with Crippen molar-refractivity contribution in [3.63, 3.8) is 0 Å². The van der Waals surface area contributed by atoms with E-state index in [4.69, 9.17) is 9.40 Å². The van der Waals surface area contributed by atoms with E-state index < -0.39 is 0 Å². The van der Waals surface area contributed by atoms with E-state index in [-0.39, 0.29) is 23.9 Å². The van der Waals surface area contributed by atoms with Gasteiger partial charge in [0.1, 0.15) is 10.6 Å². The lowest BCUT2D eigenvalue weighted by molar-refractivity contribution is 0.305. The normalized spacial score (nSPS) is 20.7. The second-order valence-corrected chi connectivity index (χ2v) is 11.3. The number of hydrogen-bond acceptors (Lipinski definition) is 5. The van der Waals surface area contributed by atoms with E-state index in [1.165, 1.54) is 16.7 Å². The Bertz CT molecular complexity index is 1390. The van der Waals surface area contributed by atoms with E-state index in [0.717, 1.165) is 45.6 Å². The minimum Gasteiger partial charge on any atom is -0.422 e. The second-order valence-electron chi connectivity index (χ2n) is 10.3. The molecule has 0 radical (unpaired) electrons. The molecule has 0 fully saturated rings. The molecule has 1 unspecified atom stereocenters. The molecular formula is C27H30N2O2S. The van der Waals surface area contributed by atoms with Crippen LogP contribution in [0.15, 0.2) is 45.6 Å². The largest absolute Gasteiger partial charge is 0.422 e. The third-order valence-electron chi connectivity index (χ3n) is 7.19. The first-order chi connectivity index (χ1) is 14.7. The highest BCUT2D eigenvalue weighted by Gasteiger charge is 2.42. The number of nitrogens with zero attached hydrogens (tertiary/aromatic N) is 1. The zero-order valence-electron chi connectivity index (χ0n) is 18.3. The fraction of sp³-hybridized carbons (Fsp3) is 0.407. The van der Waals surface area contributed by atoms with Gasteiger partial charge in [-0.2, -0.15) is 0 Å². The highest BCUT2D eigenvalue weighted by atomic mass is 32.1. The molecule has 1 aliphatic heterocycles. The van der Waals surface area contributed by atoms with Gasteiger partial charge >= 0.3 is 5.63 Å². The molecular weight excluding hydrogens is 416 g/mol. The Hall–Kier alpha value is -2.50. The van der Waals surface area contributed by atoms with Crippen LogP contribution in [0.3, 0.4) is 0 Å². The Morgan fingerprint density at radius 2 is 1.91 bits per heavy atom. The lowest BCUT2D eigenvalue weighted by Crippen LogP contribution is -2.45. The van der Waals surface area contributed by atoms with Gasteiger partial charge < -0.3 is 9.73 Å². The van der Waals surface area contributed by atoms with Crippen molar-refractivity contribution >= 4 is 32.5 Å². The molecule has 1 atom stereocenters. The number of benzene rings is 2. The molecule has 2 aromatic carbocycles. The van der Waals surface area contributed by atoms with Gasteiger partial charge in [-0.1, -0.05) is 47.3 Å². The molecule has 0 saturated carbocycles. The molecule has 1 aliphatic carbocycles. The van der Waals surface area contributed by atoms with Gasteiger partial charge in [0, 0.05) is 29.0 Å². The first-order valence-electron chi connectivity index (χ1n) is 11.0. The summed E-state index contributed by atoms with van der Waals surface area (Å²) in [5.74, 6) is 0. The summed E-state index contributed by atoms with van der Waals surface area (Å²) in [5.41, 5.74) is 5.86. The van der Waals surface area contributed by atoms with Gasteiger partial charge in [0.15, 0.2) is 0 Å². The fourth-order valence-corrected chi connectivity index (χ4v) is 6.43. The molecule has 5 heteroatoms. The standard InChI is InChI=1S/C26H26N2O2S.CH4/c1-25(2)10-9-18-20-16(25)12-14-11-15(23-28-17-7-5-6-8-19(17)31-23)24(29)30-22(14)21(20)26(3,4)13-27-18;/h5-8,11-12,18,27H,9-10,13H2,1-4H3;1H4. The van der Waals surface area contributed by atoms with E-state index in [1.807, 2.05) is 30.3 Å². The topological polar surface area (TPSA) is 55.1 Å². The highest BCUT2D eigenvalue weighted by molar-refractivity contribution is 7.21. The van der Waals surface area contributed by atoms with Crippen molar-refractivity contribution < 1.29 is 4.42 Å². The van der Waals surface area contributed by atoms with Crippen LogP contribution >= 0.6 is 11.3 Å². The highest BCUT2D eigenvalue weighted by Crippen LogP contribution is 2.50. The van der Waals surface area contributed by atoms with Crippen LogP contribution in [0.2, 0.25) is 0 Å². The van der Waals surface area contributed by atoms with Gasteiger partial charge in [-0.3, -0.25) is 0 Å². The molecule has 32 heavy (non-hydrogen) atoms. The predicted octanol–water partition coefficient (Wildman–Crippen LogP) is 6.70. The minimum absolute atomic E-state index is 0. The van der Waals surface area contributed by atoms with Crippen molar-refractivity contribution in [1.82, 2.24) is 10.3 Å². The van der Waals surface area contributed by atoms with Crippen molar-refractivity contribution in [2.75, 3.05) is 6.54 Å². The quantitative estimate of drug-likeness (QED) is 0.331. The molecule has 2 aromatic heterocycles. The summed E-state index contributed by atoms with van der Waals surface area (Å²) in [5, 5.41) is 5.48. The van der Waals surface area contributed by atoms with Gasteiger partial charge in [0.2, 0.25) is 0 Å². The number of nitrogens with one attached hydrogen (secondary N) is 1. The molecule has 2 aliphatic rings. The number of hydrogen-bond donors (Lipinski definition) is 1. The summed E-state index contributed by atoms with van der Waals surface area (Å²) >= 11 is 1.54. The van der Waals surface area contributed by atoms with Crippen molar-refractivity contribution in [1.29, 1.82) is 0 Å². The van der Waals surface area contributed by atoms with E-state index in [0.29, 0.717) is 11.6 Å². The van der Waals surface area contributed by atoms with Crippen LogP contribution in [0.5, 0.6) is 0 Å². The zero-order chi connectivity index (χ0) is 21.5. The maximum Gasteiger partial charge on any atom is 0.346 e. The minimum atomic E-state index is -0.302. The average Bonchev–Trinajstić information content (AvgIpc) is 3.15. The summed E-state index contributed by atoms with van der Waals surface area (Å²) in [7, 11) is 0. The molecule has 1 N–H and O–H groups in total. The zero-order valence-corrected chi connectivity index (χ0v) is 19.2. The van der Waals surface area contributed by atoms with Crippen molar-refractivity contribution in [2.24, 2.45) is 0 Å². The van der Waals surface area contributed by atoms with E-state index in [2.05, 4.69) is 39.1 Å². The molecule has 166 valence electrons. The van der Waals surface area contributed by atoms with Crippen LogP contribution < -0.4 is 10.9 Å². The van der Waals surface area contributed by atoms with E-state index in [9.17, 15) is 4.79 Å². The van der Waals surface area contributed by atoms with Crippen LogP contribution in [0.25, 0.3) is 31.8 Å². The molecule has 0 spiro atoms.